The third kappa shape index (κ3) is 7.72. The third-order valence-corrected chi connectivity index (χ3v) is 8.68. The average Bonchev–Trinajstić information content (AvgIpc) is 3.31. The zero-order valence-corrected chi connectivity index (χ0v) is 24.7. The summed E-state index contributed by atoms with van der Waals surface area (Å²) in [5, 5.41) is 3.89. The number of hydrogen-bond acceptors (Lipinski definition) is 4. The van der Waals surface area contributed by atoms with Gasteiger partial charge in [0, 0.05) is 26.2 Å². The molecule has 11 heteroatoms. The van der Waals surface area contributed by atoms with Gasteiger partial charge in [0.15, 0.2) is 0 Å². The van der Waals surface area contributed by atoms with Crippen LogP contribution in [0.5, 0.6) is 0 Å². The minimum atomic E-state index is -3.78. The highest BCUT2D eigenvalue weighted by Crippen LogP contribution is 2.26. The van der Waals surface area contributed by atoms with E-state index in [1.54, 1.807) is 42.5 Å². The van der Waals surface area contributed by atoms with E-state index in [2.05, 4.69) is 27.9 Å². The van der Waals surface area contributed by atoms with Crippen LogP contribution in [-0.4, -0.2) is 50.0 Å². The van der Waals surface area contributed by atoms with Gasteiger partial charge in [-0.25, -0.2) is 8.42 Å². The summed E-state index contributed by atoms with van der Waals surface area (Å²) >= 11 is 14.6. The first-order valence-corrected chi connectivity index (χ1v) is 15.4. The second-order valence-corrected chi connectivity index (χ2v) is 12.9. The number of amides is 2. The molecule has 196 valence electrons. The number of sulfonamides is 1. The van der Waals surface area contributed by atoms with Crippen molar-refractivity contribution in [3.8, 4) is 0 Å². The quantitative estimate of drug-likeness (QED) is 0.352. The number of anilines is 1. The van der Waals surface area contributed by atoms with Crippen LogP contribution in [0.15, 0.2) is 42.5 Å². The monoisotopic (exact) mass is 665 g/mol. The van der Waals surface area contributed by atoms with Crippen LogP contribution in [0.1, 0.15) is 44.6 Å². The van der Waals surface area contributed by atoms with Crippen LogP contribution in [0.25, 0.3) is 0 Å². The Hall–Kier alpha value is -1.56. The van der Waals surface area contributed by atoms with Crippen LogP contribution in [-0.2, 0) is 26.2 Å². The van der Waals surface area contributed by atoms with Crippen LogP contribution >= 0.6 is 45.8 Å². The number of benzene rings is 2. The standard InChI is InChI=1S/C25H30Cl2IN3O4S/c1-3-23(25(33)29-20-6-4-5-7-20)30(15-17-8-9-18(26)14-22(17)27)24(32)16-31(36(2,34)35)21-12-10-19(28)11-13-21/h8-14,20,23H,3-7,15-16H2,1-2H3,(H,29,33)/t23-/m1/s1. The molecule has 1 saturated carbocycles. The molecule has 0 aliphatic heterocycles. The second-order valence-electron chi connectivity index (χ2n) is 8.92. The van der Waals surface area contributed by atoms with Crippen LogP contribution in [0.2, 0.25) is 10.0 Å². The lowest BCUT2D eigenvalue weighted by Gasteiger charge is -2.33. The summed E-state index contributed by atoms with van der Waals surface area (Å²) < 4.78 is 27.3. The molecular weight excluding hydrogens is 636 g/mol. The van der Waals surface area contributed by atoms with Gasteiger partial charge in [-0.3, -0.25) is 13.9 Å². The third-order valence-electron chi connectivity index (χ3n) is 6.24. The van der Waals surface area contributed by atoms with Gasteiger partial charge in [0.2, 0.25) is 21.8 Å². The van der Waals surface area contributed by atoms with Gasteiger partial charge in [-0.05, 0) is 83.8 Å². The Kier molecular flexibility index (Phi) is 10.3. The van der Waals surface area contributed by atoms with Gasteiger partial charge in [0.05, 0.1) is 11.9 Å². The summed E-state index contributed by atoms with van der Waals surface area (Å²) in [6.07, 6.45) is 5.36. The molecule has 0 heterocycles. The van der Waals surface area contributed by atoms with Crippen LogP contribution in [0.3, 0.4) is 0 Å². The van der Waals surface area contributed by atoms with Crippen LogP contribution < -0.4 is 9.62 Å². The van der Waals surface area contributed by atoms with Gasteiger partial charge in [-0.1, -0.05) is 49.0 Å². The minimum absolute atomic E-state index is 0.0374. The maximum absolute atomic E-state index is 13.7. The Labute approximate surface area is 236 Å². The number of carbonyl (C=O) groups excluding carboxylic acids is 2. The van der Waals surface area contributed by atoms with Crippen molar-refractivity contribution in [2.24, 2.45) is 0 Å². The molecule has 2 aromatic carbocycles. The van der Waals surface area contributed by atoms with Gasteiger partial charge >= 0.3 is 0 Å². The van der Waals surface area contributed by atoms with Gasteiger partial charge in [0.1, 0.15) is 12.6 Å². The van der Waals surface area contributed by atoms with E-state index < -0.39 is 28.5 Å². The molecule has 0 bridgehead atoms. The molecule has 1 N–H and O–H groups in total. The van der Waals surface area contributed by atoms with Crippen LogP contribution in [0.4, 0.5) is 5.69 Å². The Morgan fingerprint density at radius 2 is 1.75 bits per heavy atom. The van der Waals surface area contributed by atoms with Gasteiger partial charge in [-0.15, -0.1) is 0 Å². The van der Waals surface area contributed by atoms with E-state index in [-0.39, 0.29) is 18.5 Å². The zero-order chi connectivity index (χ0) is 26.5. The first-order valence-electron chi connectivity index (χ1n) is 11.8. The molecule has 2 amide bonds. The molecule has 0 unspecified atom stereocenters. The predicted molar refractivity (Wildman–Crippen MR) is 153 cm³/mol. The molecule has 1 fully saturated rings. The number of nitrogens with one attached hydrogen (secondary N) is 1. The highest BCUT2D eigenvalue weighted by Gasteiger charge is 2.33. The lowest BCUT2D eigenvalue weighted by atomic mass is 10.1. The summed E-state index contributed by atoms with van der Waals surface area (Å²) in [6.45, 7) is 1.42. The van der Waals surface area contributed by atoms with Gasteiger partial charge in [-0.2, -0.15) is 0 Å². The molecule has 0 spiro atoms. The Bertz CT molecular complexity index is 1190. The number of nitrogens with zero attached hydrogens (tertiary/aromatic N) is 2. The SMILES string of the molecule is CC[C@H](C(=O)NC1CCCC1)N(Cc1ccc(Cl)cc1Cl)C(=O)CN(c1ccc(I)cc1)S(C)(=O)=O. The fraction of sp³-hybridized carbons (Fsp3) is 0.440. The molecule has 3 rings (SSSR count). The van der Waals surface area contributed by atoms with Crippen molar-refractivity contribution >= 4 is 73.3 Å². The smallest absolute Gasteiger partial charge is 0.244 e. The molecular formula is C25H30Cl2IN3O4S. The van der Waals surface area contributed by atoms with Crippen molar-refractivity contribution in [3.63, 3.8) is 0 Å². The minimum Gasteiger partial charge on any atom is -0.352 e. The number of carbonyl (C=O) groups is 2. The molecule has 1 atom stereocenters. The Balaban J connectivity index is 1.94. The molecule has 0 saturated heterocycles. The van der Waals surface area contributed by atoms with Crippen molar-refractivity contribution in [1.82, 2.24) is 10.2 Å². The number of rotatable bonds is 10. The fourth-order valence-corrected chi connectivity index (χ4v) is 6.02. The van der Waals surface area contributed by atoms with E-state index in [1.165, 1.54) is 4.90 Å². The van der Waals surface area contributed by atoms with Crippen molar-refractivity contribution in [2.75, 3.05) is 17.1 Å². The first kappa shape index (κ1) is 29.0. The zero-order valence-electron chi connectivity index (χ0n) is 20.2. The van der Waals surface area contributed by atoms with Crippen molar-refractivity contribution in [3.05, 3.63) is 61.6 Å². The van der Waals surface area contributed by atoms with E-state index in [0.29, 0.717) is 27.7 Å². The maximum Gasteiger partial charge on any atom is 0.244 e. The highest BCUT2D eigenvalue weighted by atomic mass is 127. The van der Waals surface area contributed by atoms with Crippen molar-refractivity contribution < 1.29 is 18.0 Å². The first-order chi connectivity index (χ1) is 17.0. The van der Waals surface area contributed by atoms with Crippen molar-refractivity contribution in [2.45, 2.75) is 57.7 Å². The molecule has 0 radical (unpaired) electrons. The lowest BCUT2D eigenvalue weighted by molar-refractivity contribution is -0.140. The molecule has 36 heavy (non-hydrogen) atoms. The summed E-state index contributed by atoms with van der Waals surface area (Å²) in [5.74, 6) is -0.749. The van der Waals surface area contributed by atoms with E-state index in [9.17, 15) is 18.0 Å². The van der Waals surface area contributed by atoms with Gasteiger partial charge < -0.3 is 10.2 Å². The molecule has 0 aromatic heterocycles. The summed E-state index contributed by atoms with van der Waals surface area (Å²) in [4.78, 5) is 28.5. The van der Waals surface area contributed by atoms with Crippen LogP contribution in [0, 0.1) is 3.57 Å². The second kappa shape index (κ2) is 12.8. The summed E-state index contributed by atoms with van der Waals surface area (Å²) in [5.41, 5.74) is 0.987. The van der Waals surface area contributed by atoms with E-state index in [1.807, 2.05) is 6.92 Å². The molecule has 1 aliphatic carbocycles. The summed E-state index contributed by atoms with van der Waals surface area (Å²) in [7, 11) is -3.78. The normalized spacial score (nSPS) is 14.9. The van der Waals surface area contributed by atoms with E-state index in [4.69, 9.17) is 23.2 Å². The Morgan fingerprint density at radius 1 is 1.11 bits per heavy atom. The summed E-state index contributed by atoms with van der Waals surface area (Å²) in [6, 6.07) is 11.1. The maximum atomic E-state index is 13.7. The average molecular weight is 666 g/mol. The molecule has 7 nitrogen and oxygen atoms in total. The fourth-order valence-electron chi connectivity index (χ4n) is 4.34. The largest absolute Gasteiger partial charge is 0.352 e. The lowest BCUT2D eigenvalue weighted by Crippen LogP contribution is -2.53. The van der Waals surface area contributed by atoms with Gasteiger partial charge in [0.25, 0.3) is 0 Å². The predicted octanol–water partition coefficient (Wildman–Crippen LogP) is 5.23. The highest BCUT2D eigenvalue weighted by molar-refractivity contribution is 14.1. The molecule has 2 aromatic rings. The van der Waals surface area contributed by atoms with E-state index in [0.717, 1.165) is 39.8 Å². The number of hydrogen-bond donors (Lipinski definition) is 1. The van der Waals surface area contributed by atoms with Crippen molar-refractivity contribution in [1.29, 1.82) is 0 Å². The molecule has 1 aliphatic rings. The number of halogens is 3. The Morgan fingerprint density at radius 3 is 2.31 bits per heavy atom. The van der Waals surface area contributed by atoms with E-state index >= 15 is 0 Å². The topological polar surface area (TPSA) is 86.8 Å².